The molecule has 1 aliphatic heterocycles. The van der Waals surface area contributed by atoms with E-state index in [1.54, 1.807) is 11.8 Å². The van der Waals surface area contributed by atoms with Gasteiger partial charge in [0.2, 0.25) is 0 Å². The molecule has 0 atom stereocenters. The zero-order valence-corrected chi connectivity index (χ0v) is 12.5. The molecule has 1 aliphatic rings. The van der Waals surface area contributed by atoms with Gasteiger partial charge in [0.25, 0.3) is 0 Å². The Morgan fingerprint density at radius 3 is 2.95 bits per heavy atom. The van der Waals surface area contributed by atoms with E-state index >= 15 is 0 Å². The molecule has 3 nitrogen and oxygen atoms in total. The molecule has 2 aromatic rings. The number of benzene rings is 1. The lowest BCUT2D eigenvalue weighted by atomic mass is 10.2. The largest absolute Gasteiger partial charge is 0.383 e. The van der Waals surface area contributed by atoms with Crippen molar-refractivity contribution in [3.63, 3.8) is 0 Å². The van der Waals surface area contributed by atoms with E-state index in [1.807, 2.05) is 36.0 Å². The van der Waals surface area contributed by atoms with Crippen molar-refractivity contribution in [3.05, 3.63) is 46.4 Å². The third-order valence-electron chi connectivity index (χ3n) is 2.85. The average Bonchev–Trinajstić information content (AvgIpc) is 2.87. The first-order chi connectivity index (χ1) is 9.24. The molecular formula is C13H12ClN3S2. The molecule has 0 saturated heterocycles. The molecule has 2 heterocycles. The lowest BCUT2D eigenvalue weighted by Gasteiger charge is -2.06. The van der Waals surface area contributed by atoms with Gasteiger partial charge in [-0.3, -0.25) is 0 Å². The van der Waals surface area contributed by atoms with Gasteiger partial charge in [-0.25, -0.2) is 9.97 Å². The maximum Gasteiger partial charge on any atom is 0.141 e. The molecule has 1 aromatic heterocycles. The van der Waals surface area contributed by atoms with E-state index in [0.29, 0.717) is 11.6 Å². The molecule has 0 fully saturated rings. The molecular weight excluding hydrogens is 298 g/mol. The van der Waals surface area contributed by atoms with Gasteiger partial charge in [-0.15, -0.1) is 11.8 Å². The summed E-state index contributed by atoms with van der Waals surface area (Å²) in [6, 6.07) is 7.79. The van der Waals surface area contributed by atoms with Crippen LogP contribution in [0.25, 0.3) is 0 Å². The smallest absolute Gasteiger partial charge is 0.141 e. The molecule has 3 rings (SSSR count). The van der Waals surface area contributed by atoms with E-state index in [2.05, 4.69) is 9.97 Å². The van der Waals surface area contributed by atoms with E-state index in [0.717, 1.165) is 38.5 Å². The zero-order valence-electron chi connectivity index (χ0n) is 10.1. The lowest BCUT2D eigenvalue weighted by Crippen LogP contribution is -2.04. The fourth-order valence-electron chi connectivity index (χ4n) is 1.90. The van der Waals surface area contributed by atoms with Crippen LogP contribution >= 0.6 is 35.1 Å². The number of rotatable bonds is 3. The molecule has 0 amide bonds. The van der Waals surface area contributed by atoms with E-state index in [4.69, 9.17) is 17.3 Å². The van der Waals surface area contributed by atoms with E-state index in [1.165, 1.54) is 0 Å². The number of aromatic nitrogens is 2. The summed E-state index contributed by atoms with van der Waals surface area (Å²) >= 11 is 9.59. The molecule has 1 aromatic carbocycles. The number of nitrogens with zero attached hydrogens (tertiary/aromatic N) is 2. The fourth-order valence-corrected chi connectivity index (χ4v) is 4.04. The number of fused-ring (bicyclic) bond motifs is 1. The predicted octanol–water partition coefficient (Wildman–Crippen LogP) is 3.75. The second-order valence-corrected chi connectivity index (χ2v) is 6.57. The third kappa shape index (κ3) is 2.83. The summed E-state index contributed by atoms with van der Waals surface area (Å²) in [5.41, 5.74) is 8.17. The molecule has 0 aliphatic carbocycles. The van der Waals surface area contributed by atoms with Crippen LogP contribution in [0.15, 0.2) is 29.2 Å². The highest BCUT2D eigenvalue weighted by atomic mass is 35.5. The van der Waals surface area contributed by atoms with Crippen LogP contribution in [-0.4, -0.2) is 9.97 Å². The monoisotopic (exact) mass is 309 g/mol. The van der Waals surface area contributed by atoms with Crippen LogP contribution in [-0.2, 0) is 17.3 Å². The average molecular weight is 310 g/mol. The summed E-state index contributed by atoms with van der Waals surface area (Å²) in [5, 5.41) is 0.761. The minimum Gasteiger partial charge on any atom is -0.383 e. The Balaban J connectivity index is 1.78. The highest BCUT2D eigenvalue weighted by Crippen LogP contribution is 2.33. The number of anilines is 1. The molecule has 0 bridgehead atoms. The van der Waals surface area contributed by atoms with Gasteiger partial charge in [-0.1, -0.05) is 23.7 Å². The van der Waals surface area contributed by atoms with Crippen molar-refractivity contribution in [2.75, 3.05) is 5.73 Å². The summed E-state index contributed by atoms with van der Waals surface area (Å²) in [6.45, 7) is 0. The predicted molar refractivity (Wildman–Crippen MR) is 82.5 cm³/mol. The van der Waals surface area contributed by atoms with Gasteiger partial charge in [0.05, 0.1) is 16.5 Å². The second kappa shape index (κ2) is 5.61. The Labute approximate surface area is 125 Å². The molecule has 0 radical (unpaired) electrons. The SMILES string of the molecule is Nc1nc(CSc2ccccc2Cl)nc2c1CSC2. The summed E-state index contributed by atoms with van der Waals surface area (Å²) in [5.74, 6) is 3.96. The van der Waals surface area contributed by atoms with Crippen LogP contribution in [0.4, 0.5) is 5.82 Å². The second-order valence-electron chi connectivity index (χ2n) is 4.16. The molecule has 0 spiro atoms. The molecule has 0 saturated carbocycles. The van der Waals surface area contributed by atoms with Crippen molar-refractivity contribution in [2.45, 2.75) is 22.2 Å². The molecule has 2 N–H and O–H groups in total. The molecule has 6 heteroatoms. The topological polar surface area (TPSA) is 51.8 Å². The standard InChI is InChI=1S/C13H12ClN3S2/c14-9-3-1-2-4-11(9)19-7-12-16-10-6-18-5-8(10)13(15)17-12/h1-4H,5-7H2,(H2,15,16,17). The first-order valence-electron chi connectivity index (χ1n) is 5.83. The summed E-state index contributed by atoms with van der Waals surface area (Å²) in [6.07, 6.45) is 0. The Morgan fingerprint density at radius 2 is 2.11 bits per heavy atom. The minimum absolute atomic E-state index is 0.629. The highest BCUT2D eigenvalue weighted by Gasteiger charge is 2.18. The summed E-state index contributed by atoms with van der Waals surface area (Å²) in [4.78, 5) is 10.0. The van der Waals surface area contributed by atoms with Crippen molar-refractivity contribution in [1.82, 2.24) is 9.97 Å². The van der Waals surface area contributed by atoms with Gasteiger partial charge in [-0.05, 0) is 12.1 Å². The van der Waals surface area contributed by atoms with Crippen LogP contribution in [0, 0.1) is 0 Å². The fraction of sp³-hybridized carbons (Fsp3) is 0.231. The Hall–Kier alpha value is -0.910. The van der Waals surface area contributed by atoms with Gasteiger partial charge in [0.15, 0.2) is 0 Å². The zero-order chi connectivity index (χ0) is 13.2. The van der Waals surface area contributed by atoms with Crippen molar-refractivity contribution >= 4 is 40.9 Å². The van der Waals surface area contributed by atoms with E-state index < -0.39 is 0 Å². The number of thioether (sulfide) groups is 2. The maximum atomic E-state index is 6.13. The van der Waals surface area contributed by atoms with Gasteiger partial charge in [0.1, 0.15) is 11.6 Å². The number of hydrogen-bond acceptors (Lipinski definition) is 5. The van der Waals surface area contributed by atoms with Crippen molar-refractivity contribution in [2.24, 2.45) is 0 Å². The number of hydrogen-bond donors (Lipinski definition) is 1. The van der Waals surface area contributed by atoms with Crippen LogP contribution in [0.1, 0.15) is 17.1 Å². The van der Waals surface area contributed by atoms with Gasteiger partial charge >= 0.3 is 0 Å². The van der Waals surface area contributed by atoms with Crippen LogP contribution < -0.4 is 5.73 Å². The van der Waals surface area contributed by atoms with Gasteiger partial charge in [-0.2, -0.15) is 11.8 Å². The van der Waals surface area contributed by atoms with Crippen LogP contribution in [0.5, 0.6) is 0 Å². The van der Waals surface area contributed by atoms with Gasteiger partial charge in [0, 0.05) is 22.0 Å². The Bertz CT molecular complexity index is 619. The van der Waals surface area contributed by atoms with E-state index in [9.17, 15) is 0 Å². The summed E-state index contributed by atoms with van der Waals surface area (Å²) in [7, 11) is 0. The van der Waals surface area contributed by atoms with E-state index in [-0.39, 0.29) is 0 Å². The number of nitrogen functional groups attached to an aromatic ring is 1. The maximum absolute atomic E-state index is 6.13. The quantitative estimate of drug-likeness (QED) is 0.875. The van der Waals surface area contributed by atoms with Crippen molar-refractivity contribution in [3.8, 4) is 0 Å². The lowest BCUT2D eigenvalue weighted by molar-refractivity contribution is 0.982. The highest BCUT2D eigenvalue weighted by molar-refractivity contribution is 7.98. The molecule has 0 unspecified atom stereocenters. The number of halogens is 1. The Morgan fingerprint density at radius 1 is 1.26 bits per heavy atom. The normalized spacial score (nSPS) is 13.5. The molecule has 19 heavy (non-hydrogen) atoms. The Kier molecular flexibility index (Phi) is 3.86. The first-order valence-corrected chi connectivity index (χ1v) is 8.35. The molecule has 98 valence electrons. The minimum atomic E-state index is 0.629. The number of nitrogens with two attached hydrogens (primary N) is 1. The van der Waals surface area contributed by atoms with Crippen LogP contribution in [0.2, 0.25) is 5.02 Å². The van der Waals surface area contributed by atoms with Crippen molar-refractivity contribution < 1.29 is 0 Å². The van der Waals surface area contributed by atoms with Gasteiger partial charge < -0.3 is 5.73 Å². The van der Waals surface area contributed by atoms with Crippen LogP contribution in [0.3, 0.4) is 0 Å². The first kappa shape index (κ1) is 13.1. The third-order valence-corrected chi connectivity index (χ3v) is 5.33. The van der Waals surface area contributed by atoms with Crippen molar-refractivity contribution in [1.29, 1.82) is 0 Å². The summed E-state index contributed by atoms with van der Waals surface area (Å²) < 4.78 is 0.